The number of phenols is 1. The highest BCUT2D eigenvalue weighted by atomic mass is 16.5. The fourth-order valence-electron chi connectivity index (χ4n) is 3.98. The minimum absolute atomic E-state index is 0.0221. The maximum atomic E-state index is 12.6. The van der Waals surface area contributed by atoms with Crippen molar-refractivity contribution in [2.75, 3.05) is 24.5 Å². The summed E-state index contributed by atoms with van der Waals surface area (Å²) in [4.78, 5) is 24.8. The standard InChI is InChI=1S/C20H26N4O3/c1-13-9-24(10-14(2)27-13)20-21-18-12-23(8-7-17(18)19(26)22-20)11-15-3-5-16(25)6-4-15/h3-6,13-14,25H,7-12H2,1-2H3,(H,21,22,26)/t13-,14-/m1/s1. The normalized spacial score (nSPS) is 23.3. The van der Waals surface area contributed by atoms with Crippen LogP contribution in [-0.2, 0) is 24.2 Å². The summed E-state index contributed by atoms with van der Waals surface area (Å²) < 4.78 is 5.79. The number of aromatic amines is 1. The minimum Gasteiger partial charge on any atom is -0.508 e. The number of aromatic hydroxyl groups is 1. The summed E-state index contributed by atoms with van der Waals surface area (Å²) in [6.07, 6.45) is 0.925. The van der Waals surface area contributed by atoms with E-state index in [-0.39, 0.29) is 23.5 Å². The van der Waals surface area contributed by atoms with Gasteiger partial charge in [0.1, 0.15) is 5.75 Å². The quantitative estimate of drug-likeness (QED) is 0.855. The van der Waals surface area contributed by atoms with Gasteiger partial charge in [0, 0.05) is 38.3 Å². The molecule has 1 fully saturated rings. The Kier molecular flexibility index (Phi) is 4.88. The van der Waals surface area contributed by atoms with E-state index in [4.69, 9.17) is 9.72 Å². The molecule has 2 aliphatic heterocycles. The van der Waals surface area contributed by atoms with Gasteiger partial charge in [-0.25, -0.2) is 4.98 Å². The molecule has 7 heteroatoms. The molecule has 4 rings (SSSR count). The summed E-state index contributed by atoms with van der Waals surface area (Å²) in [5.41, 5.74) is 2.78. The zero-order valence-corrected chi connectivity index (χ0v) is 15.8. The maximum absolute atomic E-state index is 12.6. The van der Waals surface area contributed by atoms with Crippen molar-refractivity contribution in [3.63, 3.8) is 0 Å². The number of fused-ring (bicyclic) bond motifs is 1. The first-order valence-corrected chi connectivity index (χ1v) is 9.50. The molecule has 2 aliphatic rings. The zero-order chi connectivity index (χ0) is 19.0. The first kappa shape index (κ1) is 18.0. The van der Waals surface area contributed by atoms with Gasteiger partial charge in [-0.15, -0.1) is 0 Å². The molecule has 27 heavy (non-hydrogen) atoms. The van der Waals surface area contributed by atoms with Crippen molar-refractivity contribution in [2.24, 2.45) is 0 Å². The Morgan fingerprint density at radius 1 is 1.22 bits per heavy atom. The zero-order valence-electron chi connectivity index (χ0n) is 15.8. The number of anilines is 1. The second-order valence-corrected chi connectivity index (χ2v) is 7.60. The monoisotopic (exact) mass is 370 g/mol. The highest BCUT2D eigenvalue weighted by Gasteiger charge is 2.26. The Hall–Kier alpha value is -2.38. The summed E-state index contributed by atoms with van der Waals surface area (Å²) in [7, 11) is 0. The van der Waals surface area contributed by atoms with E-state index in [1.807, 2.05) is 26.0 Å². The predicted octanol–water partition coefficient (Wildman–Crippen LogP) is 1.65. The smallest absolute Gasteiger partial charge is 0.255 e. The number of benzene rings is 1. The van der Waals surface area contributed by atoms with Crippen molar-refractivity contribution in [3.8, 4) is 5.75 Å². The summed E-state index contributed by atoms with van der Waals surface area (Å²) >= 11 is 0. The molecule has 7 nitrogen and oxygen atoms in total. The SMILES string of the molecule is C[C@@H]1CN(c2nc3c(c(=O)[nH]2)CCN(Cc2ccc(O)cc2)C3)C[C@@H](C)O1. The average Bonchev–Trinajstić information content (AvgIpc) is 2.62. The molecule has 144 valence electrons. The van der Waals surface area contributed by atoms with Crippen LogP contribution in [0.5, 0.6) is 5.75 Å². The topological polar surface area (TPSA) is 81.7 Å². The van der Waals surface area contributed by atoms with Crippen molar-refractivity contribution in [1.29, 1.82) is 0 Å². The third-order valence-electron chi connectivity index (χ3n) is 5.20. The first-order valence-electron chi connectivity index (χ1n) is 9.50. The van der Waals surface area contributed by atoms with Gasteiger partial charge in [-0.3, -0.25) is 14.7 Å². The molecular formula is C20H26N4O3. The molecule has 1 aromatic heterocycles. The molecule has 0 radical (unpaired) electrons. The lowest BCUT2D eigenvalue weighted by Gasteiger charge is -2.36. The Labute approximate surface area is 158 Å². The van der Waals surface area contributed by atoms with Gasteiger partial charge < -0.3 is 14.7 Å². The molecule has 0 unspecified atom stereocenters. The van der Waals surface area contributed by atoms with Gasteiger partial charge in [0.25, 0.3) is 5.56 Å². The molecule has 0 bridgehead atoms. The van der Waals surface area contributed by atoms with Gasteiger partial charge in [-0.05, 0) is 38.0 Å². The van der Waals surface area contributed by atoms with Crippen LogP contribution in [0.1, 0.15) is 30.7 Å². The van der Waals surface area contributed by atoms with E-state index in [9.17, 15) is 9.90 Å². The molecule has 1 aromatic carbocycles. The van der Waals surface area contributed by atoms with E-state index in [1.54, 1.807) is 12.1 Å². The number of H-pyrrole nitrogens is 1. The minimum atomic E-state index is -0.0221. The molecule has 3 heterocycles. The summed E-state index contributed by atoms with van der Waals surface area (Å²) in [6, 6.07) is 7.26. The fourth-order valence-corrected chi connectivity index (χ4v) is 3.98. The van der Waals surface area contributed by atoms with Crippen LogP contribution in [0.15, 0.2) is 29.1 Å². The van der Waals surface area contributed by atoms with Crippen molar-refractivity contribution in [3.05, 3.63) is 51.4 Å². The number of hydrogen-bond acceptors (Lipinski definition) is 6. The molecule has 0 spiro atoms. The van der Waals surface area contributed by atoms with E-state index < -0.39 is 0 Å². The summed E-state index contributed by atoms with van der Waals surface area (Å²) in [5, 5.41) is 9.44. The highest BCUT2D eigenvalue weighted by Crippen LogP contribution is 2.21. The summed E-state index contributed by atoms with van der Waals surface area (Å²) in [6.45, 7) is 7.78. The lowest BCUT2D eigenvalue weighted by atomic mass is 10.1. The fraction of sp³-hybridized carbons (Fsp3) is 0.500. The van der Waals surface area contributed by atoms with Crippen LogP contribution in [-0.4, -0.2) is 51.8 Å². The van der Waals surface area contributed by atoms with Crippen LogP contribution in [0.4, 0.5) is 5.95 Å². The molecular weight excluding hydrogens is 344 g/mol. The Morgan fingerprint density at radius 3 is 2.63 bits per heavy atom. The van der Waals surface area contributed by atoms with Crippen molar-refractivity contribution in [2.45, 2.75) is 45.6 Å². The van der Waals surface area contributed by atoms with E-state index in [2.05, 4.69) is 14.8 Å². The second kappa shape index (κ2) is 7.32. The van der Waals surface area contributed by atoms with Crippen LogP contribution in [0, 0.1) is 0 Å². The van der Waals surface area contributed by atoms with Gasteiger partial charge >= 0.3 is 0 Å². The highest BCUT2D eigenvalue weighted by molar-refractivity contribution is 5.35. The van der Waals surface area contributed by atoms with Gasteiger partial charge in [0.2, 0.25) is 5.95 Å². The van der Waals surface area contributed by atoms with E-state index in [0.29, 0.717) is 18.9 Å². The molecule has 0 saturated carbocycles. The van der Waals surface area contributed by atoms with Gasteiger partial charge in [-0.1, -0.05) is 12.1 Å². The lowest BCUT2D eigenvalue weighted by molar-refractivity contribution is -0.00576. The van der Waals surface area contributed by atoms with Crippen LogP contribution in [0.2, 0.25) is 0 Å². The number of hydrogen-bond donors (Lipinski definition) is 2. The number of rotatable bonds is 3. The number of aromatic nitrogens is 2. The maximum Gasteiger partial charge on any atom is 0.255 e. The third kappa shape index (κ3) is 3.99. The third-order valence-corrected chi connectivity index (χ3v) is 5.20. The second-order valence-electron chi connectivity index (χ2n) is 7.60. The molecule has 0 amide bonds. The summed E-state index contributed by atoms with van der Waals surface area (Å²) in [5.74, 6) is 0.918. The van der Waals surface area contributed by atoms with Crippen molar-refractivity contribution in [1.82, 2.24) is 14.9 Å². The van der Waals surface area contributed by atoms with E-state index in [0.717, 1.165) is 43.0 Å². The molecule has 2 atom stereocenters. The van der Waals surface area contributed by atoms with Crippen LogP contribution in [0.3, 0.4) is 0 Å². The van der Waals surface area contributed by atoms with Crippen LogP contribution in [0.25, 0.3) is 0 Å². The molecule has 2 aromatic rings. The predicted molar refractivity (Wildman–Crippen MR) is 103 cm³/mol. The molecule has 0 aliphatic carbocycles. The van der Waals surface area contributed by atoms with Crippen molar-refractivity contribution < 1.29 is 9.84 Å². The molecule has 1 saturated heterocycles. The van der Waals surface area contributed by atoms with Crippen molar-refractivity contribution >= 4 is 5.95 Å². The number of nitrogens with one attached hydrogen (secondary N) is 1. The van der Waals surface area contributed by atoms with E-state index in [1.165, 1.54) is 0 Å². The van der Waals surface area contributed by atoms with E-state index >= 15 is 0 Å². The Morgan fingerprint density at radius 2 is 1.93 bits per heavy atom. The number of nitrogens with zero attached hydrogens (tertiary/aromatic N) is 3. The van der Waals surface area contributed by atoms with Crippen LogP contribution >= 0.6 is 0 Å². The van der Waals surface area contributed by atoms with Crippen LogP contribution < -0.4 is 10.5 Å². The molecule has 2 N–H and O–H groups in total. The Bertz CT molecular complexity index is 855. The largest absolute Gasteiger partial charge is 0.508 e. The number of morpholine rings is 1. The van der Waals surface area contributed by atoms with Gasteiger partial charge in [0.05, 0.1) is 17.9 Å². The first-order chi connectivity index (χ1) is 13.0. The van der Waals surface area contributed by atoms with Gasteiger partial charge in [0.15, 0.2) is 0 Å². The Balaban J connectivity index is 1.54. The number of ether oxygens (including phenoxy) is 1. The lowest BCUT2D eigenvalue weighted by Crippen LogP contribution is -2.47. The number of phenolic OH excluding ortho intramolecular Hbond substituents is 1. The average molecular weight is 370 g/mol. The van der Waals surface area contributed by atoms with Gasteiger partial charge in [-0.2, -0.15) is 0 Å².